The van der Waals surface area contributed by atoms with Crippen molar-refractivity contribution in [1.82, 2.24) is 19.6 Å². The molecule has 5 rings (SSSR count). The molecule has 9 heteroatoms. The molecule has 2 aliphatic rings. The quantitative estimate of drug-likeness (QED) is 0.553. The molecule has 1 amide bonds. The van der Waals surface area contributed by atoms with Gasteiger partial charge in [0, 0.05) is 24.3 Å². The highest BCUT2D eigenvalue weighted by molar-refractivity contribution is 6.03. The lowest BCUT2D eigenvalue weighted by atomic mass is 9.87. The number of aromatic nitrogens is 4. The molecule has 0 atom stereocenters. The number of halogens is 1. The Morgan fingerprint density at radius 2 is 1.81 bits per heavy atom. The molecular weight excluding hydrogens is 397 g/mol. The molecule has 0 spiro atoms. The molecule has 3 N–H and O–H groups in total. The number of nitrogens with zero attached hydrogens (tertiary/aromatic N) is 4. The van der Waals surface area contributed by atoms with Crippen LogP contribution < -0.4 is 16.0 Å². The molecule has 0 saturated heterocycles. The molecule has 162 valence electrons. The molecule has 0 radical (unpaired) electrons. The van der Waals surface area contributed by atoms with E-state index in [2.05, 4.69) is 37.9 Å². The van der Waals surface area contributed by atoms with Crippen molar-refractivity contribution < 1.29 is 9.18 Å². The summed E-state index contributed by atoms with van der Waals surface area (Å²) < 4.78 is 15.5. The number of hydrogen-bond acceptors (Lipinski definition) is 6. The lowest BCUT2D eigenvalue weighted by Crippen LogP contribution is -2.26. The zero-order chi connectivity index (χ0) is 21.4. The zero-order valence-corrected chi connectivity index (χ0v) is 17.4. The van der Waals surface area contributed by atoms with E-state index >= 15 is 0 Å². The molecule has 8 nitrogen and oxygen atoms in total. The number of nitrogens with one attached hydrogen (secondary N) is 3. The van der Waals surface area contributed by atoms with Crippen molar-refractivity contribution >= 4 is 28.7 Å². The van der Waals surface area contributed by atoms with E-state index in [1.807, 2.05) is 6.07 Å². The van der Waals surface area contributed by atoms with Gasteiger partial charge in [-0.05, 0) is 50.5 Å². The number of hydrogen-bond donors (Lipinski definition) is 3. The van der Waals surface area contributed by atoms with Gasteiger partial charge < -0.3 is 16.0 Å². The Morgan fingerprint density at radius 1 is 1.06 bits per heavy atom. The van der Waals surface area contributed by atoms with Gasteiger partial charge >= 0.3 is 0 Å². The number of anilines is 3. The minimum atomic E-state index is -0.595. The smallest absolute Gasteiger partial charge is 0.276 e. The maximum atomic E-state index is 13.9. The molecule has 2 saturated carbocycles. The van der Waals surface area contributed by atoms with E-state index in [1.54, 1.807) is 0 Å². The summed E-state index contributed by atoms with van der Waals surface area (Å²) in [7, 11) is 0. The summed E-state index contributed by atoms with van der Waals surface area (Å²) in [5.41, 5.74) is 1.73. The minimum Gasteiger partial charge on any atom is -0.379 e. The van der Waals surface area contributed by atoms with Gasteiger partial charge in [-0.3, -0.25) is 9.78 Å². The minimum absolute atomic E-state index is 0.0666. The number of carbonyl (C=O) groups is 1. The highest BCUT2D eigenvalue weighted by Crippen LogP contribution is 2.30. The number of fused-ring (bicyclic) bond motifs is 1. The second-order valence-electron chi connectivity index (χ2n) is 8.65. The third-order valence-corrected chi connectivity index (χ3v) is 6.03. The van der Waals surface area contributed by atoms with Crippen molar-refractivity contribution in [3.05, 3.63) is 42.2 Å². The fourth-order valence-electron chi connectivity index (χ4n) is 4.02. The van der Waals surface area contributed by atoms with Crippen molar-refractivity contribution in [3.8, 4) is 0 Å². The van der Waals surface area contributed by atoms with Gasteiger partial charge in [0.05, 0.1) is 23.8 Å². The van der Waals surface area contributed by atoms with E-state index in [4.69, 9.17) is 0 Å². The summed E-state index contributed by atoms with van der Waals surface area (Å²) in [5, 5.41) is 14.3. The molecule has 0 unspecified atom stereocenters. The van der Waals surface area contributed by atoms with Gasteiger partial charge in [0.15, 0.2) is 17.2 Å². The van der Waals surface area contributed by atoms with Crippen LogP contribution in [0, 0.1) is 11.7 Å². The first-order valence-corrected chi connectivity index (χ1v) is 10.9. The average molecular weight is 423 g/mol. The summed E-state index contributed by atoms with van der Waals surface area (Å²) in [4.78, 5) is 21.0. The predicted octanol–water partition coefficient (Wildman–Crippen LogP) is 4.08. The van der Waals surface area contributed by atoms with Crippen LogP contribution in [0.3, 0.4) is 0 Å². The van der Waals surface area contributed by atoms with Crippen molar-refractivity contribution in [2.75, 3.05) is 16.0 Å². The first-order chi connectivity index (χ1) is 15.1. The van der Waals surface area contributed by atoms with Crippen molar-refractivity contribution in [1.29, 1.82) is 0 Å². The Kier molecular flexibility index (Phi) is 5.17. The number of imidazole rings is 1. The summed E-state index contributed by atoms with van der Waals surface area (Å²) in [6, 6.07) is 4.18. The van der Waals surface area contributed by atoms with Crippen LogP contribution in [0.1, 0.15) is 55.9 Å². The third-order valence-electron chi connectivity index (χ3n) is 6.03. The van der Waals surface area contributed by atoms with E-state index in [0.717, 1.165) is 43.5 Å². The van der Waals surface area contributed by atoms with Gasteiger partial charge in [0.25, 0.3) is 5.91 Å². The lowest BCUT2D eigenvalue weighted by molar-refractivity contribution is 0.102. The first kappa shape index (κ1) is 19.7. The zero-order valence-electron chi connectivity index (χ0n) is 17.4. The molecule has 3 aromatic rings. The highest BCUT2D eigenvalue weighted by Gasteiger charge is 2.25. The topological polar surface area (TPSA) is 96.2 Å². The van der Waals surface area contributed by atoms with Gasteiger partial charge in [0.1, 0.15) is 5.82 Å². The van der Waals surface area contributed by atoms with Gasteiger partial charge in [-0.25, -0.2) is 13.9 Å². The second-order valence-corrected chi connectivity index (χ2v) is 8.65. The van der Waals surface area contributed by atoms with Crippen molar-refractivity contribution in [2.24, 2.45) is 5.92 Å². The maximum Gasteiger partial charge on any atom is 0.276 e. The number of carbonyl (C=O) groups excluding carboxylic acids is 1. The van der Waals surface area contributed by atoms with E-state index in [1.165, 1.54) is 35.8 Å². The summed E-state index contributed by atoms with van der Waals surface area (Å²) in [6.45, 7) is 2.29. The molecule has 2 aliphatic carbocycles. The SMILES string of the molecule is C[C@H]1CC[C@H](Nc2cc(NC3CC3)c3ncc(C(=O)Nc4ccncc4F)n3n2)CC1. The molecule has 2 fully saturated rings. The lowest BCUT2D eigenvalue weighted by Gasteiger charge is -2.27. The fourth-order valence-corrected chi connectivity index (χ4v) is 4.02. The Morgan fingerprint density at radius 3 is 2.55 bits per heavy atom. The summed E-state index contributed by atoms with van der Waals surface area (Å²) >= 11 is 0. The molecule has 0 aromatic carbocycles. The Bertz CT molecular complexity index is 1100. The van der Waals surface area contributed by atoms with Crippen molar-refractivity contribution in [2.45, 2.75) is 57.5 Å². The molecular formula is C22H26FN7O. The van der Waals surface area contributed by atoms with Crippen LogP contribution in [0.5, 0.6) is 0 Å². The van der Waals surface area contributed by atoms with Gasteiger partial charge in [-0.2, -0.15) is 0 Å². The highest BCUT2D eigenvalue weighted by atomic mass is 19.1. The van der Waals surface area contributed by atoms with Crippen LogP contribution >= 0.6 is 0 Å². The van der Waals surface area contributed by atoms with Crippen LogP contribution in [-0.2, 0) is 0 Å². The Hall–Kier alpha value is -3.23. The molecule has 31 heavy (non-hydrogen) atoms. The Labute approximate surface area is 179 Å². The number of pyridine rings is 1. The summed E-state index contributed by atoms with van der Waals surface area (Å²) in [5.74, 6) is 0.393. The van der Waals surface area contributed by atoms with E-state index in [9.17, 15) is 9.18 Å². The van der Waals surface area contributed by atoms with Crippen LogP contribution in [-0.4, -0.2) is 37.6 Å². The predicted molar refractivity (Wildman–Crippen MR) is 117 cm³/mol. The van der Waals surface area contributed by atoms with E-state index in [0.29, 0.717) is 23.5 Å². The average Bonchev–Trinajstić information content (AvgIpc) is 3.47. The van der Waals surface area contributed by atoms with Crippen LogP contribution in [0.25, 0.3) is 5.65 Å². The van der Waals surface area contributed by atoms with E-state index in [-0.39, 0.29) is 11.4 Å². The molecule has 3 heterocycles. The van der Waals surface area contributed by atoms with E-state index < -0.39 is 11.7 Å². The summed E-state index contributed by atoms with van der Waals surface area (Å²) in [6.07, 6.45) is 10.8. The normalized spacial score (nSPS) is 21.1. The first-order valence-electron chi connectivity index (χ1n) is 10.9. The van der Waals surface area contributed by atoms with Crippen molar-refractivity contribution in [3.63, 3.8) is 0 Å². The molecule has 0 aliphatic heterocycles. The second kappa shape index (κ2) is 8.13. The third kappa shape index (κ3) is 4.30. The van der Waals surface area contributed by atoms with Crippen LogP contribution in [0.2, 0.25) is 0 Å². The number of rotatable bonds is 6. The van der Waals surface area contributed by atoms with Crippen LogP contribution in [0.4, 0.5) is 21.6 Å². The van der Waals surface area contributed by atoms with Gasteiger partial charge in [-0.1, -0.05) is 6.92 Å². The fraction of sp³-hybridized carbons (Fsp3) is 0.455. The standard InChI is InChI=1S/C22H26FN7O/c1-13-2-4-15(5-3-13)27-20-10-18(26-14-6-7-14)21-25-12-19(30(21)29-20)22(31)28-17-8-9-24-11-16(17)23/h8-15,26H,2-7H2,1H3,(H,27,29)(H,24,28,31)/t13-,15-. The number of amides is 1. The molecule has 0 bridgehead atoms. The monoisotopic (exact) mass is 423 g/mol. The molecule has 3 aromatic heterocycles. The van der Waals surface area contributed by atoms with Gasteiger partial charge in [0.2, 0.25) is 0 Å². The van der Waals surface area contributed by atoms with Gasteiger partial charge in [-0.15, -0.1) is 5.10 Å². The largest absolute Gasteiger partial charge is 0.379 e. The Balaban J connectivity index is 1.46. The maximum absolute atomic E-state index is 13.9. The van der Waals surface area contributed by atoms with Crippen LogP contribution in [0.15, 0.2) is 30.7 Å².